The van der Waals surface area contributed by atoms with Crippen LogP contribution in [0.5, 0.6) is 0 Å². The smallest absolute Gasteiger partial charge is 0.240 e. The van der Waals surface area contributed by atoms with Gasteiger partial charge in [0.15, 0.2) is 0 Å². The first-order chi connectivity index (χ1) is 9.20. The average molecular weight is 298 g/mol. The van der Waals surface area contributed by atoms with Crippen molar-refractivity contribution < 1.29 is 9.59 Å². The number of halogens is 1. The van der Waals surface area contributed by atoms with E-state index in [0.717, 1.165) is 12.1 Å². The number of nitrogens with zero attached hydrogens (tertiary/aromatic N) is 1. The molecule has 1 atom stereocenters. The number of hydrogen-bond acceptors (Lipinski definition) is 3. The number of rotatable bonds is 4. The summed E-state index contributed by atoms with van der Waals surface area (Å²) in [7, 11) is 1.58. The molecule has 6 heteroatoms. The van der Waals surface area contributed by atoms with Crippen molar-refractivity contribution in [2.75, 3.05) is 20.1 Å². The van der Waals surface area contributed by atoms with E-state index in [1.54, 1.807) is 11.9 Å². The number of carbonyl (C=O) groups excluding carboxylic acids is 2. The van der Waals surface area contributed by atoms with Crippen LogP contribution in [0.3, 0.4) is 0 Å². The Morgan fingerprint density at radius 2 is 2.10 bits per heavy atom. The Balaban J connectivity index is 0.00000200. The highest BCUT2D eigenvalue weighted by Crippen LogP contribution is 2.10. The normalized spacial score (nSPS) is 18.4. The Bertz CT molecular complexity index is 453. The van der Waals surface area contributed by atoms with Crippen LogP contribution in [0.2, 0.25) is 0 Å². The van der Waals surface area contributed by atoms with Gasteiger partial charge in [-0.15, -0.1) is 12.4 Å². The monoisotopic (exact) mass is 297 g/mol. The second kappa shape index (κ2) is 7.87. The van der Waals surface area contributed by atoms with Crippen molar-refractivity contribution in [1.29, 1.82) is 0 Å². The van der Waals surface area contributed by atoms with Crippen molar-refractivity contribution >= 4 is 24.2 Å². The number of hydrogen-bond donors (Lipinski definition) is 2. The molecule has 2 N–H and O–H groups in total. The van der Waals surface area contributed by atoms with Gasteiger partial charge in [0.25, 0.3) is 0 Å². The van der Waals surface area contributed by atoms with Crippen LogP contribution in [0, 0.1) is 0 Å². The summed E-state index contributed by atoms with van der Waals surface area (Å²) in [5.41, 5.74) is 1.11. The Labute approximate surface area is 125 Å². The third-order valence-electron chi connectivity index (χ3n) is 3.27. The molecule has 0 aliphatic carbocycles. The lowest BCUT2D eigenvalue weighted by atomic mass is 10.1. The highest BCUT2D eigenvalue weighted by Gasteiger charge is 2.29. The molecule has 0 spiro atoms. The Hall–Kier alpha value is -1.59. The molecule has 0 aromatic heterocycles. The SMILES string of the molecule is CNC(=O)CC1NCCN(Cc2ccccc2)C1=O.Cl. The summed E-state index contributed by atoms with van der Waals surface area (Å²) in [6.45, 7) is 2.00. The molecule has 1 aliphatic rings. The van der Waals surface area contributed by atoms with E-state index in [1.807, 2.05) is 30.3 Å². The highest BCUT2D eigenvalue weighted by molar-refractivity contribution is 5.88. The Morgan fingerprint density at radius 1 is 1.40 bits per heavy atom. The second-order valence-electron chi connectivity index (χ2n) is 4.63. The van der Waals surface area contributed by atoms with Crippen molar-refractivity contribution in [2.45, 2.75) is 19.0 Å². The molecular formula is C14H20ClN3O2. The maximum Gasteiger partial charge on any atom is 0.240 e. The van der Waals surface area contributed by atoms with Gasteiger partial charge in [0.2, 0.25) is 11.8 Å². The topological polar surface area (TPSA) is 61.4 Å². The molecule has 1 fully saturated rings. The summed E-state index contributed by atoms with van der Waals surface area (Å²) >= 11 is 0. The van der Waals surface area contributed by atoms with Crippen LogP contribution >= 0.6 is 12.4 Å². The maximum atomic E-state index is 12.3. The van der Waals surface area contributed by atoms with Crippen molar-refractivity contribution in [1.82, 2.24) is 15.5 Å². The van der Waals surface area contributed by atoms with Crippen LogP contribution in [0.1, 0.15) is 12.0 Å². The summed E-state index contributed by atoms with van der Waals surface area (Å²) in [4.78, 5) is 25.4. The van der Waals surface area contributed by atoms with Gasteiger partial charge in [-0.2, -0.15) is 0 Å². The quantitative estimate of drug-likeness (QED) is 0.853. The van der Waals surface area contributed by atoms with E-state index in [9.17, 15) is 9.59 Å². The van der Waals surface area contributed by atoms with Gasteiger partial charge in [-0.3, -0.25) is 9.59 Å². The van der Waals surface area contributed by atoms with E-state index in [-0.39, 0.29) is 30.6 Å². The van der Waals surface area contributed by atoms with E-state index in [2.05, 4.69) is 10.6 Å². The van der Waals surface area contributed by atoms with Crippen molar-refractivity contribution in [3.63, 3.8) is 0 Å². The largest absolute Gasteiger partial charge is 0.359 e. The fourth-order valence-corrected chi connectivity index (χ4v) is 2.20. The van der Waals surface area contributed by atoms with Gasteiger partial charge in [0.05, 0.1) is 12.5 Å². The highest BCUT2D eigenvalue weighted by atomic mass is 35.5. The molecule has 2 amide bonds. The lowest BCUT2D eigenvalue weighted by molar-refractivity contribution is -0.138. The van der Waals surface area contributed by atoms with Crippen LogP contribution in [0.15, 0.2) is 30.3 Å². The summed E-state index contributed by atoms with van der Waals surface area (Å²) < 4.78 is 0. The third-order valence-corrected chi connectivity index (χ3v) is 3.27. The van der Waals surface area contributed by atoms with Crippen LogP contribution < -0.4 is 10.6 Å². The standard InChI is InChI=1S/C14H19N3O2.ClH/c1-15-13(18)9-12-14(19)17(8-7-16-12)10-11-5-3-2-4-6-11;/h2-6,12,16H,7-10H2,1H3,(H,15,18);1H. The zero-order valence-electron chi connectivity index (χ0n) is 11.5. The number of amides is 2. The molecular weight excluding hydrogens is 278 g/mol. The molecule has 1 aromatic carbocycles. The molecule has 1 saturated heterocycles. The van der Waals surface area contributed by atoms with Gasteiger partial charge in [0, 0.05) is 26.7 Å². The zero-order valence-corrected chi connectivity index (χ0v) is 12.3. The molecule has 110 valence electrons. The van der Waals surface area contributed by atoms with Gasteiger partial charge in [-0.25, -0.2) is 0 Å². The minimum absolute atomic E-state index is 0. The predicted octanol–water partition coefficient (Wildman–Crippen LogP) is 0.545. The molecule has 0 radical (unpaired) electrons. The molecule has 1 heterocycles. The van der Waals surface area contributed by atoms with Gasteiger partial charge in [0.1, 0.15) is 0 Å². The van der Waals surface area contributed by atoms with Gasteiger partial charge >= 0.3 is 0 Å². The van der Waals surface area contributed by atoms with Crippen LogP contribution in [0.25, 0.3) is 0 Å². The Morgan fingerprint density at radius 3 is 2.75 bits per heavy atom. The molecule has 5 nitrogen and oxygen atoms in total. The lowest BCUT2D eigenvalue weighted by Crippen LogP contribution is -2.55. The fraction of sp³-hybridized carbons (Fsp3) is 0.429. The summed E-state index contributed by atoms with van der Waals surface area (Å²) in [5, 5.41) is 5.65. The van der Waals surface area contributed by atoms with E-state index >= 15 is 0 Å². The summed E-state index contributed by atoms with van der Waals surface area (Å²) in [5.74, 6) is -0.119. The lowest BCUT2D eigenvalue weighted by Gasteiger charge is -2.33. The van der Waals surface area contributed by atoms with Crippen LogP contribution in [-0.2, 0) is 16.1 Å². The zero-order chi connectivity index (χ0) is 13.7. The minimum Gasteiger partial charge on any atom is -0.359 e. The van der Waals surface area contributed by atoms with Gasteiger partial charge in [-0.05, 0) is 5.56 Å². The van der Waals surface area contributed by atoms with Crippen molar-refractivity contribution in [2.24, 2.45) is 0 Å². The molecule has 1 unspecified atom stereocenters. The van der Waals surface area contributed by atoms with E-state index < -0.39 is 6.04 Å². The van der Waals surface area contributed by atoms with Gasteiger partial charge in [-0.1, -0.05) is 30.3 Å². The van der Waals surface area contributed by atoms with Crippen LogP contribution in [-0.4, -0.2) is 42.9 Å². The minimum atomic E-state index is -0.405. The fourth-order valence-electron chi connectivity index (χ4n) is 2.20. The predicted molar refractivity (Wildman–Crippen MR) is 79.6 cm³/mol. The summed E-state index contributed by atoms with van der Waals surface area (Å²) in [6.07, 6.45) is 0.195. The first-order valence-corrected chi connectivity index (χ1v) is 6.47. The van der Waals surface area contributed by atoms with E-state index in [1.165, 1.54) is 0 Å². The van der Waals surface area contributed by atoms with Gasteiger partial charge < -0.3 is 15.5 Å². The molecule has 1 aromatic rings. The average Bonchev–Trinajstić information content (AvgIpc) is 2.44. The first kappa shape index (κ1) is 16.5. The van der Waals surface area contributed by atoms with Crippen molar-refractivity contribution in [3.8, 4) is 0 Å². The molecule has 20 heavy (non-hydrogen) atoms. The van der Waals surface area contributed by atoms with Crippen molar-refractivity contribution in [3.05, 3.63) is 35.9 Å². The molecule has 2 rings (SSSR count). The van der Waals surface area contributed by atoms with E-state index in [0.29, 0.717) is 13.1 Å². The molecule has 1 aliphatic heterocycles. The molecule has 0 bridgehead atoms. The summed E-state index contributed by atoms with van der Waals surface area (Å²) in [6, 6.07) is 9.48. The van der Waals surface area contributed by atoms with Crippen LogP contribution in [0.4, 0.5) is 0 Å². The number of piperazine rings is 1. The third kappa shape index (κ3) is 4.21. The first-order valence-electron chi connectivity index (χ1n) is 6.47. The molecule has 0 saturated carbocycles. The second-order valence-corrected chi connectivity index (χ2v) is 4.63. The number of benzene rings is 1. The number of carbonyl (C=O) groups is 2. The number of nitrogens with one attached hydrogen (secondary N) is 2. The van der Waals surface area contributed by atoms with E-state index in [4.69, 9.17) is 0 Å². The Kier molecular flexibility index (Phi) is 6.48. The maximum absolute atomic E-state index is 12.3.